The van der Waals surface area contributed by atoms with Crippen LogP contribution in [0.15, 0.2) is 69.3 Å². The van der Waals surface area contributed by atoms with E-state index in [1.165, 1.54) is 11.8 Å². The number of aliphatic imine (C=N–C) groups is 1. The average Bonchev–Trinajstić information content (AvgIpc) is 3.28. The van der Waals surface area contributed by atoms with E-state index < -0.39 is 0 Å². The van der Waals surface area contributed by atoms with Crippen LogP contribution in [0.4, 0.5) is 5.69 Å². The molecule has 1 aliphatic heterocycles. The molecule has 0 saturated carbocycles. The number of benzene rings is 2. The van der Waals surface area contributed by atoms with E-state index in [0.29, 0.717) is 26.8 Å². The highest BCUT2D eigenvalue weighted by Gasteiger charge is 2.25. The molecule has 1 aliphatic rings. The summed E-state index contributed by atoms with van der Waals surface area (Å²) in [5.74, 6) is 0.395. The molecule has 4 aromatic rings. The second-order valence-corrected chi connectivity index (χ2v) is 9.28. The molecule has 1 amide bonds. The van der Waals surface area contributed by atoms with Crippen LogP contribution in [0.5, 0.6) is 0 Å². The van der Waals surface area contributed by atoms with E-state index >= 15 is 0 Å². The predicted octanol–water partition coefficient (Wildman–Crippen LogP) is 4.63. The third-order valence-corrected chi connectivity index (χ3v) is 6.66. The van der Waals surface area contributed by atoms with Crippen LogP contribution in [0, 0.1) is 27.7 Å². The minimum atomic E-state index is -0.193. The van der Waals surface area contributed by atoms with Crippen molar-refractivity contribution in [2.45, 2.75) is 27.7 Å². The van der Waals surface area contributed by atoms with Gasteiger partial charge in [-0.3, -0.25) is 14.3 Å². The van der Waals surface area contributed by atoms with Gasteiger partial charge in [0, 0.05) is 11.4 Å². The number of hydrogen-bond donors (Lipinski definition) is 1. The molecule has 0 radical (unpaired) electrons. The standard InChI is InChI=1S/C26H23N5O2S/c1-15-9-11-20(12-10-15)28-26-29-24(32)23(34-26)14-19-13-16(2)30(17(19)3)31-18(4)27-22-8-6-5-7-21(22)25(31)33/h5-14H,1-4H3,(H,28,29,32). The summed E-state index contributed by atoms with van der Waals surface area (Å²) < 4.78 is 3.43. The minimum absolute atomic E-state index is 0.135. The lowest BCUT2D eigenvalue weighted by Gasteiger charge is -2.16. The second-order valence-electron chi connectivity index (χ2n) is 8.25. The van der Waals surface area contributed by atoms with Crippen molar-refractivity contribution in [3.63, 3.8) is 0 Å². The van der Waals surface area contributed by atoms with Crippen molar-refractivity contribution in [3.05, 3.63) is 98.2 Å². The van der Waals surface area contributed by atoms with Gasteiger partial charge in [0.25, 0.3) is 11.5 Å². The monoisotopic (exact) mass is 469 g/mol. The van der Waals surface area contributed by atoms with Gasteiger partial charge in [0.1, 0.15) is 5.82 Å². The van der Waals surface area contributed by atoms with E-state index in [1.807, 2.05) is 87.0 Å². The van der Waals surface area contributed by atoms with Crippen molar-refractivity contribution in [1.29, 1.82) is 0 Å². The zero-order chi connectivity index (χ0) is 24.0. The molecule has 170 valence electrons. The number of hydrogen-bond acceptors (Lipinski definition) is 5. The van der Waals surface area contributed by atoms with E-state index in [1.54, 1.807) is 10.7 Å². The Balaban J connectivity index is 1.53. The third-order valence-electron chi connectivity index (χ3n) is 5.75. The normalized spacial score (nSPS) is 16.1. The van der Waals surface area contributed by atoms with Gasteiger partial charge in [-0.15, -0.1) is 0 Å². The molecule has 0 unspecified atom stereocenters. The lowest BCUT2D eigenvalue weighted by molar-refractivity contribution is -0.115. The summed E-state index contributed by atoms with van der Waals surface area (Å²) in [5, 5.41) is 3.93. The summed E-state index contributed by atoms with van der Waals surface area (Å²) in [7, 11) is 0. The van der Waals surface area contributed by atoms with E-state index in [2.05, 4.69) is 15.3 Å². The van der Waals surface area contributed by atoms with Crippen molar-refractivity contribution in [2.75, 3.05) is 0 Å². The average molecular weight is 470 g/mol. The topological polar surface area (TPSA) is 81.3 Å². The largest absolute Gasteiger partial charge is 0.300 e. The Morgan fingerprint density at radius 3 is 2.47 bits per heavy atom. The number of carbonyl (C=O) groups is 1. The molecule has 2 aromatic carbocycles. The number of nitrogens with one attached hydrogen (secondary N) is 1. The number of aryl methyl sites for hydroxylation is 3. The molecule has 2 aromatic heterocycles. The molecule has 5 rings (SSSR count). The van der Waals surface area contributed by atoms with Gasteiger partial charge in [0.05, 0.1) is 21.5 Å². The fourth-order valence-corrected chi connectivity index (χ4v) is 4.89. The number of amides is 1. The summed E-state index contributed by atoms with van der Waals surface area (Å²) >= 11 is 1.30. The first-order valence-electron chi connectivity index (χ1n) is 10.9. The molecule has 1 N–H and O–H groups in total. The van der Waals surface area contributed by atoms with Crippen LogP contribution >= 0.6 is 11.8 Å². The maximum atomic E-state index is 13.3. The molecule has 34 heavy (non-hydrogen) atoms. The molecular formula is C26H23N5O2S. The SMILES string of the molecule is Cc1ccc(N=C2NC(=O)C(=Cc3cc(C)n(-n4c(C)nc5ccccc5c4=O)c3C)S2)cc1. The minimum Gasteiger partial charge on any atom is -0.300 e. The third kappa shape index (κ3) is 3.86. The van der Waals surface area contributed by atoms with Crippen molar-refractivity contribution in [1.82, 2.24) is 19.7 Å². The molecule has 3 heterocycles. The summed E-state index contributed by atoms with van der Waals surface area (Å²) in [6.45, 7) is 7.70. The summed E-state index contributed by atoms with van der Waals surface area (Å²) in [5.41, 5.74) is 5.03. The maximum Gasteiger partial charge on any atom is 0.280 e. The Bertz CT molecular complexity index is 1580. The molecule has 0 bridgehead atoms. The second kappa shape index (κ2) is 8.46. The Kier molecular flexibility index (Phi) is 5.45. The van der Waals surface area contributed by atoms with Gasteiger partial charge >= 0.3 is 0 Å². The van der Waals surface area contributed by atoms with Crippen molar-refractivity contribution < 1.29 is 4.79 Å². The molecule has 8 heteroatoms. The van der Waals surface area contributed by atoms with E-state index in [9.17, 15) is 9.59 Å². The highest BCUT2D eigenvalue weighted by atomic mass is 32.2. The first-order valence-corrected chi connectivity index (χ1v) is 11.7. The van der Waals surface area contributed by atoms with Crippen LogP contribution in [0.3, 0.4) is 0 Å². The van der Waals surface area contributed by atoms with Crippen molar-refractivity contribution >= 4 is 45.5 Å². The molecule has 0 aliphatic carbocycles. The zero-order valence-corrected chi connectivity index (χ0v) is 20.1. The Labute approximate surface area is 200 Å². The smallest absolute Gasteiger partial charge is 0.280 e. The van der Waals surface area contributed by atoms with Crippen molar-refractivity contribution in [3.8, 4) is 0 Å². The van der Waals surface area contributed by atoms with Crippen molar-refractivity contribution in [2.24, 2.45) is 4.99 Å². The van der Waals surface area contributed by atoms with Gasteiger partial charge in [0.2, 0.25) is 0 Å². The van der Waals surface area contributed by atoms with Crippen LogP contribution in [-0.2, 0) is 4.79 Å². The number of amidine groups is 1. The quantitative estimate of drug-likeness (QED) is 0.444. The van der Waals surface area contributed by atoms with Crippen LogP contribution in [0.1, 0.15) is 28.3 Å². The Morgan fingerprint density at radius 2 is 1.71 bits per heavy atom. The van der Waals surface area contributed by atoms with Crippen LogP contribution in [-0.4, -0.2) is 25.4 Å². The van der Waals surface area contributed by atoms with Gasteiger partial charge in [-0.1, -0.05) is 29.8 Å². The van der Waals surface area contributed by atoms with Crippen LogP contribution in [0.2, 0.25) is 0 Å². The van der Waals surface area contributed by atoms with E-state index in [4.69, 9.17) is 0 Å². The number of nitrogens with zero attached hydrogens (tertiary/aromatic N) is 4. The van der Waals surface area contributed by atoms with E-state index in [-0.39, 0.29) is 11.5 Å². The van der Waals surface area contributed by atoms with Gasteiger partial charge in [0.15, 0.2) is 5.17 Å². The number of carbonyl (C=O) groups excluding carboxylic acids is 1. The van der Waals surface area contributed by atoms with Crippen LogP contribution < -0.4 is 10.9 Å². The molecule has 1 fully saturated rings. The maximum absolute atomic E-state index is 13.3. The fraction of sp³-hybridized carbons (Fsp3) is 0.154. The molecule has 1 saturated heterocycles. The summed E-state index contributed by atoms with van der Waals surface area (Å²) in [6.07, 6.45) is 1.84. The molecule has 0 atom stereocenters. The highest BCUT2D eigenvalue weighted by Crippen LogP contribution is 2.30. The summed E-state index contributed by atoms with van der Waals surface area (Å²) in [6, 6.07) is 17.1. The number of para-hydroxylation sites is 1. The van der Waals surface area contributed by atoms with Gasteiger partial charge in [-0.2, -0.15) is 4.68 Å². The van der Waals surface area contributed by atoms with Crippen LogP contribution in [0.25, 0.3) is 17.0 Å². The first kappa shape index (κ1) is 21.9. The Morgan fingerprint density at radius 1 is 0.971 bits per heavy atom. The molecule has 0 spiro atoms. The zero-order valence-electron chi connectivity index (χ0n) is 19.3. The molecular weight excluding hydrogens is 446 g/mol. The summed E-state index contributed by atoms with van der Waals surface area (Å²) in [4.78, 5) is 35.6. The lowest BCUT2D eigenvalue weighted by Crippen LogP contribution is -2.30. The van der Waals surface area contributed by atoms with Gasteiger partial charge in [-0.05, 0) is 81.4 Å². The number of rotatable bonds is 3. The lowest BCUT2D eigenvalue weighted by atomic mass is 10.2. The van der Waals surface area contributed by atoms with E-state index in [0.717, 1.165) is 28.2 Å². The predicted molar refractivity (Wildman–Crippen MR) is 137 cm³/mol. The van der Waals surface area contributed by atoms with Gasteiger partial charge < -0.3 is 5.32 Å². The Hall–Kier alpha value is -3.91. The highest BCUT2D eigenvalue weighted by molar-refractivity contribution is 8.18. The number of aromatic nitrogens is 3. The number of thioether (sulfide) groups is 1. The fourth-order valence-electron chi connectivity index (χ4n) is 4.06. The first-order chi connectivity index (χ1) is 16.3. The molecule has 7 nitrogen and oxygen atoms in total. The number of fused-ring (bicyclic) bond motifs is 1. The van der Waals surface area contributed by atoms with Gasteiger partial charge in [-0.25, -0.2) is 9.98 Å².